The number of amides is 2. The zero-order valence-electron chi connectivity index (χ0n) is 11.0. The van der Waals surface area contributed by atoms with Crippen molar-refractivity contribution in [3.05, 3.63) is 66.7 Å². The molecular formula is C16H12FN3O. The van der Waals surface area contributed by atoms with Gasteiger partial charge in [0.2, 0.25) is 0 Å². The molecule has 0 saturated carbocycles. The number of halogens is 1. The molecule has 21 heavy (non-hydrogen) atoms. The minimum Gasteiger partial charge on any atom is -0.307 e. The average Bonchev–Trinajstić information content (AvgIpc) is 2.50. The summed E-state index contributed by atoms with van der Waals surface area (Å²) < 4.78 is 13.5. The summed E-state index contributed by atoms with van der Waals surface area (Å²) in [5.41, 5.74) is 0.778. The molecule has 2 aromatic carbocycles. The van der Waals surface area contributed by atoms with Crippen LogP contribution in [0.4, 0.5) is 20.6 Å². The Morgan fingerprint density at radius 1 is 0.952 bits per heavy atom. The predicted molar refractivity (Wildman–Crippen MR) is 80.8 cm³/mol. The van der Waals surface area contributed by atoms with Gasteiger partial charge in [-0.1, -0.05) is 24.3 Å². The van der Waals surface area contributed by atoms with Crippen LogP contribution in [0.5, 0.6) is 0 Å². The monoisotopic (exact) mass is 281 g/mol. The fourth-order valence-electron chi connectivity index (χ4n) is 2.07. The molecule has 1 heterocycles. The number of hydrogen-bond acceptors (Lipinski definition) is 2. The molecule has 4 nitrogen and oxygen atoms in total. The maximum atomic E-state index is 13.5. The lowest BCUT2D eigenvalue weighted by molar-refractivity contribution is 0.262. The van der Waals surface area contributed by atoms with E-state index in [2.05, 4.69) is 15.6 Å². The van der Waals surface area contributed by atoms with Crippen LogP contribution in [-0.4, -0.2) is 11.0 Å². The van der Waals surface area contributed by atoms with Crippen LogP contribution in [0.2, 0.25) is 0 Å². The average molecular weight is 281 g/mol. The summed E-state index contributed by atoms with van der Waals surface area (Å²) in [4.78, 5) is 16.0. The van der Waals surface area contributed by atoms with Gasteiger partial charge in [0.15, 0.2) is 0 Å². The number of fused-ring (bicyclic) bond motifs is 1. The van der Waals surface area contributed by atoms with Gasteiger partial charge in [-0.25, -0.2) is 9.18 Å². The van der Waals surface area contributed by atoms with Gasteiger partial charge < -0.3 is 10.6 Å². The van der Waals surface area contributed by atoms with E-state index in [0.29, 0.717) is 5.69 Å². The molecule has 0 bridgehead atoms. The van der Waals surface area contributed by atoms with Gasteiger partial charge in [0.1, 0.15) is 5.82 Å². The fourth-order valence-corrected chi connectivity index (χ4v) is 2.07. The van der Waals surface area contributed by atoms with E-state index >= 15 is 0 Å². The van der Waals surface area contributed by atoms with E-state index in [-0.39, 0.29) is 5.69 Å². The molecule has 0 saturated heterocycles. The Labute approximate surface area is 120 Å². The molecule has 0 aliphatic heterocycles. The summed E-state index contributed by atoms with van der Waals surface area (Å²) >= 11 is 0. The molecule has 3 aromatic rings. The van der Waals surface area contributed by atoms with E-state index < -0.39 is 11.8 Å². The first-order valence-electron chi connectivity index (χ1n) is 6.39. The summed E-state index contributed by atoms with van der Waals surface area (Å²) in [5.74, 6) is -0.477. The third kappa shape index (κ3) is 2.81. The van der Waals surface area contributed by atoms with Gasteiger partial charge in [0.25, 0.3) is 0 Å². The van der Waals surface area contributed by atoms with Crippen LogP contribution in [0.15, 0.2) is 60.9 Å². The van der Waals surface area contributed by atoms with Gasteiger partial charge in [0, 0.05) is 23.2 Å². The number of carbonyl (C=O) groups is 1. The molecule has 2 amide bonds. The lowest BCUT2D eigenvalue weighted by atomic mass is 10.1. The molecule has 0 radical (unpaired) electrons. The molecule has 0 fully saturated rings. The zero-order valence-corrected chi connectivity index (χ0v) is 11.0. The van der Waals surface area contributed by atoms with E-state index in [1.807, 2.05) is 18.2 Å². The molecule has 0 aliphatic carbocycles. The van der Waals surface area contributed by atoms with Crippen molar-refractivity contribution in [1.82, 2.24) is 4.98 Å². The van der Waals surface area contributed by atoms with Gasteiger partial charge in [0.05, 0.1) is 11.4 Å². The summed E-state index contributed by atoms with van der Waals surface area (Å²) in [5, 5.41) is 6.99. The molecule has 3 rings (SSSR count). The highest BCUT2D eigenvalue weighted by Gasteiger charge is 2.08. The third-order valence-corrected chi connectivity index (χ3v) is 3.05. The maximum Gasteiger partial charge on any atom is 0.323 e. The summed E-state index contributed by atoms with van der Waals surface area (Å²) in [7, 11) is 0. The topological polar surface area (TPSA) is 54.0 Å². The number of para-hydroxylation sites is 1. The van der Waals surface area contributed by atoms with Crippen molar-refractivity contribution in [2.75, 3.05) is 10.6 Å². The highest BCUT2D eigenvalue weighted by Crippen LogP contribution is 2.22. The molecule has 2 N–H and O–H groups in total. The number of urea groups is 1. The van der Waals surface area contributed by atoms with Crippen molar-refractivity contribution in [2.45, 2.75) is 0 Å². The van der Waals surface area contributed by atoms with E-state index in [1.165, 1.54) is 12.1 Å². The normalized spacial score (nSPS) is 10.3. The van der Waals surface area contributed by atoms with Gasteiger partial charge >= 0.3 is 6.03 Å². The molecule has 0 atom stereocenters. The Bertz CT molecular complexity index is 799. The van der Waals surface area contributed by atoms with Gasteiger partial charge in [-0.15, -0.1) is 0 Å². The zero-order chi connectivity index (χ0) is 14.7. The Balaban J connectivity index is 1.82. The van der Waals surface area contributed by atoms with Crippen LogP contribution in [0.25, 0.3) is 10.8 Å². The second-order valence-electron chi connectivity index (χ2n) is 4.46. The smallest absolute Gasteiger partial charge is 0.307 e. The molecule has 0 unspecified atom stereocenters. The van der Waals surface area contributed by atoms with Crippen LogP contribution >= 0.6 is 0 Å². The third-order valence-electron chi connectivity index (χ3n) is 3.05. The Morgan fingerprint density at radius 3 is 2.57 bits per heavy atom. The summed E-state index contributed by atoms with van der Waals surface area (Å²) in [6, 6.07) is 12.8. The Hall–Kier alpha value is -2.95. The molecular weight excluding hydrogens is 269 g/mol. The van der Waals surface area contributed by atoms with Crippen molar-refractivity contribution in [3.63, 3.8) is 0 Å². The molecule has 5 heteroatoms. The number of hydrogen-bond donors (Lipinski definition) is 2. The van der Waals surface area contributed by atoms with Crippen LogP contribution in [-0.2, 0) is 0 Å². The number of nitrogens with zero attached hydrogens (tertiary/aromatic N) is 1. The van der Waals surface area contributed by atoms with E-state index in [9.17, 15) is 9.18 Å². The SMILES string of the molecule is O=C(Nc1ccccc1F)Nc1cccc2cnccc12. The quantitative estimate of drug-likeness (QED) is 0.745. The minimum absolute atomic E-state index is 0.136. The van der Waals surface area contributed by atoms with E-state index in [1.54, 1.807) is 30.6 Å². The largest absolute Gasteiger partial charge is 0.323 e. The first-order chi connectivity index (χ1) is 10.2. The number of carbonyl (C=O) groups excluding carboxylic acids is 1. The standard InChI is InChI=1S/C16H12FN3O/c17-13-5-1-2-6-15(13)20-16(21)19-14-7-3-4-11-10-18-9-8-12(11)14/h1-10H,(H2,19,20,21). The highest BCUT2D eigenvalue weighted by molar-refractivity contribution is 6.06. The Morgan fingerprint density at radius 2 is 1.71 bits per heavy atom. The van der Waals surface area contributed by atoms with Gasteiger partial charge in [-0.3, -0.25) is 4.98 Å². The van der Waals surface area contributed by atoms with E-state index in [4.69, 9.17) is 0 Å². The minimum atomic E-state index is -0.496. The molecule has 0 spiro atoms. The first-order valence-corrected chi connectivity index (χ1v) is 6.39. The molecule has 1 aromatic heterocycles. The number of anilines is 2. The number of rotatable bonds is 2. The Kier molecular flexibility index (Phi) is 3.47. The number of pyridine rings is 1. The maximum absolute atomic E-state index is 13.5. The second kappa shape index (κ2) is 5.58. The van der Waals surface area contributed by atoms with Crippen LogP contribution in [0, 0.1) is 5.82 Å². The van der Waals surface area contributed by atoms with E-state index in [0.717, 1.165) is 10.8 Å². The van der Waals surface area contributed by atoms with Crippen molar-refractivity contribution >= 4 is 28.2 Å². The summed E-state index contributed by atoms with van der Waals surface area (Å²) in [6.07, 6.45) is 3.37. The number of nitrogens with one attached hydrogen (secondary N) is 2. The fraction of sp³-hybridized carbons (Fsp3) is 0. The van der Waals surface area contributed by atoms with Crippen LogP contribution in [0.3, 0.4) is 0 Å². The molecule has 104 valence electrons. The van der Waals surface area contributed by atoms with Gasteiger partial charge in [-0.05, 0) is 24.3 Å². The highest BCUT2D eigenvalue weighted by atomic mass is 19.1. The van der Waals surface area contributed by atoms with Gasteiger partial charge in [-0.2, -0.15) is 0 Å². The van der Waals surface area contributed by atoms with Crippen molar-refractivity contribution in [1.29, 1.82) is 0 Å². The van der Waals surface area contributed by atoms with Crippen LogP contribution < -0.4 is 10.6 Å². The predicted octanol–water partition coefficient (Wildman–Crippen LogP) is 4.02. The van der Waals surface area contributed by atoms with Crippen LogP contribution in [0.1, 0.15) is 0 Å². The number of benzene rings is 2. The molecule has 0 aliphatic rings. The lowest BCUT2D eigenvalue weighted by Gasteiger charge is -2.10. The second-order valence-corrected chi connectivity index (χ2v) is 4.46. The number of aromatic nitrogens is 1. The summed E-state index contributed by atoms with van der Waals surface area (Å²) in [6.45, 7) is 0. The van der Waals surface area contributed by atoms with Crippen molar-refractivity contribution in [3.8, 4) is 0 Å². The first kappa shape index (κ1) is 13.1. The lowest BCUT2D eigenvalue weighted by Crippen LogP contribution is -2.20. The van der Waals surface area contributed by atoms with Crippen molar-refractivity contribution < 1.29 is 9.18 Å². The van der Waals surface area contributed by atoms with Crippen molar-refractivity contribution in [2.24, 2.45) is 0 Å².